The second-order valence-electron chi connectivity index (χ2n) is 3.27. The number of hydrogen-bond donors (Lipinski definition) is 0. The summed E-state index contributed by atoms with van der Waals surface area (Å²) in [6.45, 7) is 0. The van der Waals surface area contributed by atoms with Crippen LogP contribution in [0.1, 0.15) is 5.56 Å². The summed E-state index contributed by atoms with van der Waals surface area (Å²) in [5, 5.41) is 3.73. The zero-order valence-electron chi connectivity index (χ0n) is 8.17. The van der Waals surface area contributed by atoms with Crippen LogP contribution in [0.2, 0.25) is 0 Å². The summed E-state index contributed by atoms with van der Waals surface area (Å²) in [5.74, 6) is -0.770. The third-order valence-corrected chi connectivity index (χ3v) is 2.48. The first-order valence-electron chi connectivity index (χ1n) is 4.45. The number of rotatable bonds is 1. The topological polar surface area (TPSA) is 17.8 Å². The Hall–Kier alpha value is -1.37. The Morgan fingerprint density at radius 2 is 1.94 bits per heavy atom. The Morgan fingerprint density at radius 1 is 1.24 bits per heavy atom. The maximum atomic E-state index is 13.4. The first-order valence-corrected chi connectivity index (χ1v) is 5.24. The normalized spacial score (nSPS) is 11.8. The average molecular weight is 309 g/mol. The van der Waals surface area contributed by atoms with E-state index in [1.165, 1.54) is 12.4 Å². The Morgan fingerprint density at radius 3 is 2.47 bits per heavy atom. The first-order chi connectivity index (χ1) is 7.88. The lowest BCUT2D eigenvalue weighted by Crippen LogP contribution is -2.07. The van der Waals surface area contributed by atoms with E-state index in [4.69, 9.17) is 0 Å². The number of alkyl halides is 3. The number of hydrogen-bond acceptors (Lipinski definition) is 1. The highest BCUT2D eigenvalue weighted by atomic mass is 79.9. The van der Waals surface area contributed by atoms with Gasteiger partial charge in [-0.1, -0.05) is 0 Å². The zero-order valence-corrected chi connectivity index (χ0v) is 9.76. The quantitative estimate of drug-likeness (QED) is 0.733. The van der Waals surface area contributed by atoms with Gasteiger partial charge in [-0.25, -0.2) is 9.07 Å². The molecule has 2 nitrogen and oxygen atoms in total. The van der Waals surface area contributed by atoms with Crippen molar-refractivity contribution in [1.29, 1.82) is 0 Å². The van der Waals surface area contributed by atoms with Gasteiger partial charge in [0.2, 0.25) is 0 Å². The van der Waals surface area contributed by atoms with Crippen LogP contribution in [0, 0.1) is 5.82 Å². The smallest absolute Gasteiger partial charge is 0.237 e. The molecular weight excluding hydrogens is 304 g/mol. The van der Waals surface area contributed by atoms with Gasteiger partial charge in [-0.2, -0.15) is 18.3 Å². The molecule has 0 fully saturated rings. The second kappa shape index (κ2) is 4.14. The number of benzene rings is 1. The van der Waals surface area contributed by atoms with Crippen LogP contribution in [-0.4, -0.2) is 9.78 Å². The van der Waals surface area contributed by atoms with Gasteiger partial charge in [0, 0.05) is 6.20 Å². The summed E-state index contributed by atoms with van der Waals surface area (Å²) in [6, 6.07) is 2.18. The van der Waals surface area contributed by atoms with Crippen LogP contribution in [0.25, 0.3) is 5.69 Å². The highest BCUT2D eigenvalue weighted by Gasteiger charge is 2.31. The van der Waals surface area contributed by atoms with Crippen molar-refractivity contribution in [3.05, 3.63) is 46.4 Å². The monoisotopic (exact) mass is 308 g/mol. The van der Waals surface area contributed by atoms with Crippen molar-refractivity contribution in [3.8, 4) is 5.69 Å². The van der Waals surface area contributed by atoms with Crippen LogP contribution in [0.4, 0.5) is 17.6 Å². The van der Waals surface area contributed by atoms with Gasteiger partial charge in [0.15, 0.2) is 0 Å². The predicted molar refractivity (Wildman–Crippen MR) is 56.2 cm³/mol. The Labute approximate surface area is 102 Å². The van der Waals surface area contributed by atoms with Crippen LogP contribution in [0.5, 0.6) is 0 Å². The lowest BCUT2D eigenvalue weighted by atomic mass is 10.2. The fourth-order valence-corrected chi connectivity index (χ4v) is 1.58. The van der Waals surface area contributed by atoms with Crippen molar-refractivity contribution in [3.63, 3.8) is 0 Å². The van der Waals surface area contributed by atoms with Crippen molar-refractivity contribution >= 4 is 15.9 Å². The molecule has 0 aliphatic carbocycles. The van der Waals surface area contributed by atoms with Crippen LogP contribution >= 0.6 is 15.9 Å². The fraction of sp³-hybridized carbons (Fsp3) is 0.100. The van der Waals surface area contributed by atoms with Gasteiger partial charge in [-0.05, 0) is 34.1 Å². The Balaban J connectivity index is 2.54. The molecular formula is C10H5BrF4N2. The van der Waals surface area contributed by atoms with E-state index in [2.05, 4.69) is 21.0 Å². The van der Waals surface area contributed by atoms with Gasteiger partial charge in [-0.3, -0.25) is 0 Å². The molecule has 90 valence electrons. The standard InChI is InChI=1S/C10H5BrF4N2/c11-7-4-16-17(5-7)9-3-6(10(13,14)15)1-2-8(9)12/h1-5H. The summed E-state index contributed by atoms with van der Waals surface area (Å²) in [6.07, 6.45) is -1.77. The maximum absolute atomic E-state index is 13.4. The van der Waals surface area contributed by atoms with Gasteiger partial charge < -0.3 is 0 Å². The van der Waals surface area contributed by atoms with Crippen LogP contribution in [0.3, 0.4) is 0 Å². The minimum atomic E-state index is -4.51. The van der Waals surface area contributed by atoms with Gasteiger partial charge in [0.1, 0.15) is 11.5 Å². The summed E-state index contributed by atoms with van der Waals surface area (Å²) in [7, 11) is 0. The Bertz CT molecular complexity index is 547. The van der Waals surface area contributed by atoms with E-state index in [9.17, 15) is 17.6 Å². The highest BCUT2D eigenvalue weighted by molar-refractivity contribution is 9.10. The van der Waals surface area contributed by atoms with Crippen molar-refractivity contribution in [1.82, 2.24) is 9.78 Å². The molecule has 1 aromatic heterocycles. The van der Waals surface area contributed by atoms with Gasteiger partial charge >= 0.3 is 6.18 Å². The molecule has 0 aliphatic heterocycles. The lowest BCUT2D eigenvalue weighted by molar-refractivity contribution is -0.137. The van der Waals surface area contributed by atoms with Crippen molar-refractivity contribution < 1.29 is 17.6 Å². The molecule has 0 unspecified atom stereocenters. The molecule has 0 amide bonds. The molecule has 0 N–H and O–H groups in total. The van der Waals surface area contributed by atoms with Crippen molar-refractivity contribution in [2.45, 2.75) is 6.18 Å². The van der Waals surface area contributed by atoms with E-state index >= 15 is 0 Å². The lowest BCUT2D eigenvalue weighted by Gasteiger charge is -2.09. The van der Waals surface area contributed by atoms with Crippen LogP contribution < -0.4 is 0 Å². The van der Waals surface area contributed by atoms with E-state index in [-0.39, 0.29) is 5.69 Å². The summed E-state index contributed by atoms with van der Waals surface area (Å²) in [4.78, 5) is 0. The molecule has 1 heterocycles. The van der Waals surface area contributed by atoms with Gasteiger partial charge in [-0.15, -0.1) is 0 Å². The molecule has 0 radical (unpaired) electrons. The maximum Gasteiger partial charge on any atom is 0.416 e. The zero-order chi connectivity index (χ0) is 12.6. The van der Waals surface area contributed by atoms with Crippen LogP contribution in [-0.2, 0) is 6.18 Å². The first kappa shape index (κ1) is 12.1. The van der Waals surface area contributed by atoms with Crippen molar-refractivity contribution in [2.75, 3.05) is 0 Å². The fourth-order valence-electron chi connectivity index (χ4n) is 1.30. The molecule has 0 aliphatic rings. The average Bonchev–Trinajstić information content (AvgIpc) is 2.63. The molecule has 17 heavy (non-hydrogen) atoms. The molecule has 0 saturated heterocycles. The summed E-state index contributed by atoms with van der Waals surface area (Å²) < 4.78 is 52.4. The van der Waals surface area contributed by atoms with E-state index in [0.29, 0.717) is 10.5 Å². The Kier molecular flexibility index (Phi) is 2.94. The van der Waals surface area contributed by atoms with Crippen LogP contribution in [0.15, 0.2) is 35.1 Å². The van der Waals surface area contributed by atoms with E-state index in [0.717, 1.165) is 16.8 Å². The predicted octanol–water partition coefficient (Wildman–Crippen LogP) is 3.79. The van der Waals surface area contributed by atoms with E-state index < -0.39 is 17.6 Å². The third kappa shape index (κ3) is 2.49. The third-order valence-electron chi connectivity index (χ3n) is 2.07. The summed E-state index contributed by atoms with van der Waals surface area (Å²) >= 11 is 3.08. The largest absolute Gasteiger partial charge is 0.416 e. The minimum absolute atomic E-state index is 0.245. The highest BCUT2D eigenvalue weighted by Crippen LogP contribution is 2.31. The van der Waals surface area contributed by atoms with Gasteiger partial charge in [0.05, 0.1) is 16.2 Å². The number of aromatic nitrogens is 2. The molecule has 0 saturated carbocycles. The second-order valence-corrected chi connectivity index (χ2v) is 4.18. The van der Waals surface area contributed by atoms with E-state index in [1.807, 2.05) is 0 Å². The number of halogens is 5. The molecule has 7 heteroatoms. The summed E-state index contributed by atoms with van der Waals surface area (Å²) in [5.41, 5.74) is -1.16. The molecule has 1 aromatic carbocycles. The van der Waals surface area contributed by atoms with Crippen molar-refractivity contribution in [2.24, 2.45) is 0 Å². The number of nitrogens with zero attached hydrogens (tertiary/aromatic N) is 2. The molecule has 0 atom stereocenters. The molecule has 2 aromatic rings. The molecule has 0 spiro atoms. The molecule has 2 rings (SSSR count). The SMILES string of the molecule is Fc1ccc(C(F)(F)F)cc1-n1cc(Br)cn1. The van der Waals surface area contributed by atoms with E-state index in [1.54, 1.807) is 0 Å². The minimum Gasteiger partial charge on any atom is -0.237 e. The molecule has 0 bridgehead atoms. The van der Waals surface area contributed by atoms with Gasteiger partial charge in [0.25, 0.3) is 0 Å².